The molecule has 7 nitrogen and oxygen atoms in total. The van der Waals surface area contributed by atoms with Crippen LogP contribution in [0.2, 0.25) is 0 Å². The molecule has 0 bridgehead atoms. The van der Waals surface area contributed by atoms with Crippen molar-refractivity contribution in [1.82, 2.24) is 10.3 Å². The molecule has 1 heterocycles. The van der Waals surface area contributed by atoms with Crippen LogP contribution in [0.3, 0.4) is 0 Å². The van der Waals surface area contributed by atoms with Crippen molar-refractivity contribution in [3.8, 4) is 11.5 Å². The summed E-state index contributed by atoms with van der Waals surface area (Å²) in [5, 5.41) is 6.17. The minimum Gasteiger partial charge on any atom is -0.497 e. The molecule has 2 N–H and O–H groups in total. The van der Waals surface area contributed by atoms with Gasteiger partial charge in [0.25, 0.3) is 5.91 Å². The Balaban J connectivity index is 1.78. The maximum atomic E-state index is 12.9. The molecule has 1 aromatic heterocycles. The molecule has 0 saturated carbocycles. The van der Waals surface area contributed by atoms with Crippen molar-refractivity contribution in [3.05, 3.63) is 47.5 Å². The lowest BCUT2D eigenvalue weighted by molar-refractivity contribution is -0.118. The number of benzene rings is 2. The van der Waals surface area contributed by atoms with Gasteiger partial charge in [-0.25, -0.2) is 4.98 Å². The van der Waals surface area contributed by atoms with Gasteiger partial charge in [-0.2, -0.15) is 0 Å². The van der Waals surface area contributed by atoms with E-state index < -0.39 is 6.04 Å². The van der Waals surface area contributed by atoms with E-state index in [1.807, 2.05) is 39.0 Å². The van der Waals surface area contributed by atoms with E-state index in [1.165, 1.54) is 25.6 Å². The summed E-state index contributed by atoms with van der Waals surface area (Å²) < 4.78 is 11.4. The molecule has 0 aliphatic rings. The highest BCUT2D eigenvalue weighted by atomic mass is 32.1. The minimum atomic E-state index is -0.734. The summed E-state index contributed by atoms with van der Waals surface area (Å²) in [5.74, 6) is 0.161. The van der Waals surface area contributed by atoms with Gasteiger partial charge in [0.05, 0.1) is 24.4 Å². The molecule has 1 unspecified atom stereocenters. The molecule has 158 valence electrons. The van der Waals surface area contributed by atoms with E-state index in [9.17, 15) is 9.59 Å². The van der Waals surface area contributed by atoms with E-state index in [0.29, 0.717) is 22.2 Å². The van der Waals surface area contributed by atoms with Crippen LogP contribution in [0, 0.1) is 12.8 Å². The lowest BCUT2D eigenvalue weighted by atomic mass is 10.0. The average Bonchev–Trinajstić information content (AvgIpc) is 3.14. The van der Waals surface area contributed by atoms with Crippen LogP contribution in [-0.2, 0) is 4.79 Å². The normalized spacial score (nSPS) is 11.9. The summed E-state index contributed by atoms with van der Waals surface area (Å²) in [7, 11) is 3.03. The number of carbonyl (C=O) groups is 2. The predicted octanol–water partition coefficient (Wildman–Crippen LogP) is 4.02. The molecular formula is C22H25N3O4S. The zero-order valence-corrected chi connectivity index (χ0v) is 18.4. The monoisotopic (exact) mass is 427 g/mol. The summed E-state index contributed by atoms with van der Waals surface area (Å²) in [6, 6.07) is 10.1. The first kappa shape index (κ1) is 21.6. The molecule has 8 heteroatoms. The number of thiazole rings is 1. The van der Waals surface area contributed by atoms with Gasteiger partial charge in [0.2, 0.25) is 5.91 Å². The minimum absolute atomic E-state index is 0.127. The van der Waals surface area contributed by atoms with Crippen LogP contribution in [0.4, 0.5) is 5.13 Å². The quantitative estimate of drug-likeness (QED) is 0.595. The van der Waals surface area contributed by atoms with Gasteiger partial charge in [0.15, 0.2) is 5.13 Å². The third-order valence-corrected chi connectivity index (χ3v) is 5.64. The van der Waals surface area contributed by atoms with E-state index in [2.05, 4.69) is 15.6 Å². The molecule has 0 saturated heterocycles. The van der Waals surface area contributed by atoms with E-state index in [0.717, 1.165) is 15.8 Å². The van der Waals surface area contributed by atoms with Gasteiger partial charge in [-0.15, -0.1) is 0 Å². The SMILES string of the molecule is COc1cc(OC)cc(C(=O)NC(C(=O)Nc2nc3c(C)cccc3s2)C(C)C)c1. The number of nitrogens with zero attached hydrogens (tertiary/aromatic N) is 1. The van der Waals surface area contributed by atoms with Crippen molar-refractivity contribution in [3.63, 3.8) is 0 Å². The van der Waals surface area contributed by atoms with Crippen LogP contribution < -0.4 is 20.1 Å². The first-order valence-electron chi connectivity index (χ1n) is 9.53. The Labute approximate surface area is 179 Å². The van der Waals surface area contributed by atoms with E-state index in [1.54, 1.807) is 18.2 Å². The largest absolute Gasteiger partial charge is 0.497 e. The number of hydrogen-bond donors (Lipinski definition) is 2. The van der Waals surface area contributed by atoms with Gasteiger partial charge in [0.1, 0.15) is 17.5 Å². The number of hydrogen-bond acceptors (Lipinski definition) is 6. The van der Waals surface area contributed by atoms with Crippen molar-refractivity contribution in [1.29, 1.82) is 0 Å². The van der Waals surface area contributed by atoms with Crippen LogP contribution in [0.25, 0.3) is 10.2 Å². The fourth-order valence-electron chi connectivity index (χ4n) is 3.02. The summed E-state index contributed by atoms with van der Waals surface area (Å²) in [4.78, 5) is 30.3. The van der Waals surface area contributed by atoms with Crippen LogP contribution in [0.1, 0.15) is 29.8 Å². The van der Waals surface area contributed by atoms with E-state index in [-0.39, 0.29) is 17.7 Å². The highest BCUT2D eigenvalue weighted by Crippen LogP contribution is 2.28. The van der Waals surface area contributed by atoms with Crippen LogP contribution in [0.15, 0.2) is 36.4 Å². The van der Waals surface area contributed by atoms with Crippen LogP contribution in [-0.4, -0.2) is 37.1 Å². The number of carbonyl (C=O) groups excluding carboxylic acids is 2. The number of aromatic nitrogens is 1. The topological polar surface area (TPSA) is 89.5 Å². The predicted molar refractivity (Wildman–Crippen MR) is 119 cm³/mol. The number of anilines is 1. The van der Waals surface area contributed by atoms with Crippen molar-refractivity contribution < 1.29 is 19.1 Å². The first-order valence-corrected chi connectivity index (χ1v) is 10.3. The molecule has 2 amide bonds. The number of ether oxygens (including phenoxy) is 2. The Kier molecular flexibility index (Phi) is 6.56. The Morgan fingerprint density at radius 3 is 2.30 bits per heavy atom. The van der Waals surface area contributed by atoms with Crippen LogP contribution >= 0.6 is 11.3 Å². The Morgan fingerprint density at radius 2 is 1.73 bits per heavy atom. The smallest absolute Gasteiger partial charge is 0.252 e. The summed E-state index contributed by atoms with van der Waals surface area (Å²) in [6.45, 7) is 5.73. The molecule has 0 radical (unpaired) electrons. The molecule has 2 aromatic carbocycles. The lowest BCUT2D eigenvalue weighted by Gasteiger charge is -2.21. The number of fused-ring (bicyclic) bond motifs is 1. The second-order valence-electron chi connectivity index (χ2n) is 7.23. The molecule has 0 aliphatic carbocycles. The maximum Gasteiger partial charge on any atom is 0.252 e. The number of nitrogens with one attached hydrogen (secondary N) is 2. The number of amides is 2. The number of methoxy groups -OCH3 is 2. The lowest BCUT2D eigenvalue weighted by Crippen LogP contribution is -2.47. The molecule has 3 rings (SSSR count). The average molecular weight is 428 g/mol. The van der Waals surface area contributed by atoms with E-state index >= 15 is 0 Å². The Morgan fingerprint density at radius 1 is 1.07 bits per heavy atom. The third kappa shape index (κ3) is 4.71. The maximum absolute atomic E-state index is 12.9. The van der Waals surface area contributed by atoms with Gasteiger partial charge < -0.3 is 20.1 Å². The molecular weight excluding hydrogens is 402 g/mol. The summed E-state index contributed by atoms with van der Waals surface area (Å²) >= 11 is 1.41. The second kappa shape index (κ2) is 9.13. The standard InChI is InChI=1S/C22H25N3O4S/c1-12(2)18(23-20(26)14-9-15(28-4)11-16(10-14)29-5)21(27)25-22-24-19-13(3)7-6-8-17(19)30-22/h6-12,18H,1-5H3,(H,23,26)(H,24,25,27). The van der Waals surface area contributed by atoms with Crippen molar-refractivity contribution in [2.45, 2.75) is 26.8 Å². The fourth-order valence-corrected chi connectivity index (χ4v) is 3.97. The summed E-state index contributed by atoms with van der Waals surface area (Å²) in [6.07, 6.45) is 0. The molecule has 0 fully saturated rings. The zero-order chi connectivity index (χ0) is 21.8. The van der Waals surface area contributed by atoms with Gasteiger partial charge in [-0.3, -0.25) is 9.59 Å². The number of aryl methyl sites for hydroxylation is 1. The van der Waals surface area contributed by atoms with Gasteiger partial charge in [-0.05, 0) is 36.6 Å². The Bertz CT molecular complexity index is 1060. The van der Waals surface area contributed by atoms with Gasteiger partial charge >= 0.3 is 0 Å². The molecule has 1 atom stereocenters. The highest BCUT2D eigenvalue weighted by molar-refractivity contribution is 7.22. The van der Waals surface area contributed by atoms with E-state index in [4.69, 9.17) is 9.47 Å². The molecule has 0 aliphatic heterocycles. The Hall–Kier alpha value is -3.13. The van der Waals surface area contributed by atoms with Crippen LogP contribution in [0.5, 0.6) is 11.5 Å². The van der Waals surface area contributed by atoms with Crippen molar-refractivity contribution >= 4 is 38.5 Å². The fraction of sp³-hybridized carbons (Fsp3) is 0.318. The third-order valence-electron chi connectivity index (χ3n) is 4.70. The highest BCUT2D eigenvalue weighted by Gasteiger charge is 2.26. The molecule has 3 aromatic rings. The number of para-hydroxylation sites is 1. The van der Waals surface area contributed by atoms with Gasteiger partial charge in [0, 0.05) is 11.6 Å². The second-order valence-corrected chi connectivity index (χ2v) is 8.26. The summed E-state index contributed by atoms with van der Waals surface area (Å²) in [5.41, 5.74) is 2.26. The molecule has 30 heavy (non-hydrogen) atoms. The number of rotatable bonds is 7. The van der Waals surface area contributed by atoms with Crippen molar-refractivity contribution in [2.75, 3.05) is 19.5 Å². The van der Waals surface area contributed by atoms with Gasteiger partial charge in [-0.1, -0.05) is 37.3 Å². The molecule has 0 spiro atoms. The zero-order valence-electron chi connectivity index (χ0n) is 17.6. The first-order chi connectivity index (χ1) is 14.3. The van der Waals surface area contributed by atoms with Crippen molar-refractivity contribution in [2.24, 2.45) is 5.92 Å².